The van der Waals surface area contributed by atoms with Gasteiger partial charge in [-0.2, -0.15) is 0 Å². The molecule has 1 aromatic rings. The van der Waals surface area contributed by atoms with Crippen LogP contribution in [-0.2, 0) is 11.3 Å². The predicted octanol–water partition coefficient (Wildman–Crippen LogP) is 2.88. The van der Waals surface area contributed by atoms with Crippen LogP contribution in [0.15, 0.2) is 18.2 Å². The zero-order valence-electron chi connectivity index (χ0n) is 8.96. The van der Waals surface area contributed by atoms with Crippen molar-refractivity contribution in [2.24, 2.45) is 5.73 Å². The molecule has 2 atom stereocenters. The van der Waals surface area contributed by atoms with Gasteiger partial charge in [0, 0.05) is 11.1 Å². The molecule has 0 amide bonds. The second kappa shape index (κ2) is 5.13. The molecule has 16 heavy (non-hydrogen) atoms. The van der Waals surface area contributed by atoms with Gasteiger partial charge in [-0.3, -0.25) is 0 Å². The number of rotatable bonds is 3. The third kappa shape index (κ3) is 2.94. The summed E-state index contributed by atoms with van der Waals surface area (Å²) in [6.45, 7) is 0.427. The lowest BCUT2D eigenvalue weighted by Gasteiger charge is -2.12. The molecule has 0 heterocycles. The van der Waals surface area contributed by atoms with E-state index in [1.807, 2.05) is 0 Å². The first-order valence-corrected chi connectivity index (χ1v) is 5.84. The lowest BCUT2D eigenvalue weighted by atomic mass is 10.2. The molecular formula is C12H15ClFNO. The van der Waals surface area contributed by atoms with Crippen molar-refractivity contribution in [2.75, 3.05) is 0 Å². The molecule has 0 spiro atoms. The van der Waals surface area contributed by atoms with Crippen LogP contribution < -0.4 is 5.73 Å². The molecule has 0 aromatic heterocycles. The highest BCUT2D eigenvalue weighted by atomic mass is 35.5. The molecule has 88 valence electrons. The number of benzene rings is 1. The Bertz CT molecular complexity index is 372. The Balaban J connectivity index is 1.89. The van der Waals surface area contributed by atoms with Gasteiger partial charge in [0.15, 0.2) is 0 Å². The summed E-state index contributed by atoms with van der Waals surface area (Å²) in [6.07, 6.45) is 3.14. The molecule has 0 aliphatic heterocycles. The van der Waals surface area contributed by atoms with Gasteiger partial charge in [0.2, 0.25) is 0 Å². The highest BCUT2D eigenvalue weighted by molar-refractivity contribution is 6.31. The summed E-state index contributed by atoms with van der Waals surface area (Å²) in [6, 6.07) is 4.62. The fraction of sp³-hybridized carbons (Fsp3) is 0.500. The highest BCUT2D eigenvalue weighted by Gasteiger charge is 2.22. The maximum absolute atomic E-state index is 12.8. The molecule has 1 saturated carbocycles. The van der Waals surface area contributed by atoms with E-state index in [1.54, 1.807) is 6.07 Å². The van der Waals surface area contributed by atoms with Gasteiger partial charge in [0.1, 0.15) is 5.82 Å². The van der Waals surface area contributed by atoms with E-state index in [2.05, 4.69) is 0 Å². The van der Waals surface area contributed by atoms with Crippen molar-refractivity contribution >= 4 is 11.6 Å². The Morgan fingerprint density at radius 1 is 1.44 bits per heavy atom. The van der Waals surface area contributed by atoms with Gasteiger partial charge in [0.05, 0.1) is 12.7 Å². The van der Waals surface area contributed by atoms with Crippen LogP contribution in [-0.4, -0.2) is 12.1 Å². The van der Waals surface area contributed by atoms with Crippen LogP contribution >= 0.6 is 11.6 Å². The van der Waals surface area contributed by atoms with Crippen molar-refractivity contribution in [3.05, 3.63) is 34.6 Å². The summed E-state index contributed by atoms with van der Waals surface area (Å²) in [5, 5.41) is 0.419. The molecule has 0 saturated heterocycles. The van der Waals surface area contributed by atoms with Crippen LogP contribution in [0.2, 0.25) is 5.02 Å². The second-order valence-electron chi connectivity index (χ2n) is 4.24. The molecule has 1 aromatic carbocycles. The number of ether oxygens (including phenoxy) is 1. The Morgan fingerprint density at radius 3 is 2.88 bits per heavy atom. The van der Waals surface area contributed by atoms with Crippen LogP contribution in [0.3, 0.4) is 0 Å². The summed E-state index contributed by atoms with van der Waals surface area (Å²) >= 11 is 5.90. The van der Waals surface area contributed by atoms with Crippen molar-refractivity contribution in [1.82, 2.24) is 0 Å². The Hall–Kier alpha value is -0.640. The summed E-state index contributed by atoms with van der Waals surface area (Å²) in [4.78, 5) is 0. The summed E-state index contributed by atoms with van der Waals surface area (Å²) in [5.74, 6) is -0.323. The summed E-state index contributed by atoms with van der Waals surface area (Å²) < 4.78 is 18.5. The normalized spacial score (nSPS) is 24.9. The maximum Gasteiger partial charge on any atom is 0.124 e. The van der Waals surface area contributed by atoms with Crippen molar-refractivity contribution in [3.8, 4) is 0 Å². The van der Waals surface area contributed by atoms with Gasteiger partial charge in [0.25, 0.3) is 0 Å². The Labute approximate surface area is 99.5 Å². The van der Waals surface area contributed by atoms with Gasteiger partial charge in [-0.05, 0) is 37.0 Å². The van der Waals surface area contributed by atoms with E-state index in [0.29, 0.717) is 11.6 Å². The van der Waals surface area contributed by atoms with E-state index in [9.17, 15) is 4.39 Å². The van der Waals surface area contributed by atoms with E-state index in [0.717, 1.165) is 24.8 Å². The second-order valence-corrected chi connectivity index (χ2v) is 4.65. The van der Waals surface area contributed by atoms with Gasteiger partial charge >= 0.3 is 0 Å². The zero-order chi connectivity index (χ0) is 11.5. The van der Waals surface area contributed by atoms with Crippen LogP contribution in [0.1, 0.15) is 24.8 Å². The van der Waals surface area contributed by atoms with E-state index < -0.39 is 0 Å². The average Bonchev–Trinajstić information content (AvgIpc) is 2.63. The molecule has 1 fully saturated rings. The van der Waals surface area contributed by atoms with Gasteiger partial charge in [-0.15, -0.1) is 0 Å². The molecule has 2 nitrogen and oxygen atoms in total. The molecule has 0 radical (unpaired) electrons. The lowest BCUT2D eigenvalue weighted by Crippen LogP contribution is -2.17. The molecule has 2 rings (SSSR count). The van der Waals surface area contributed by atoms with Crippen molar-refractivity contribution < 1.29 is 9.13 Å². The van der Waals surface area contributed by atoms with Gasteiger partial charge in [-0.1, -0.05) is 17.7 Å². The lowest BCUT2D eigenvalue weighted by molar-refractivity contribution is 0.0449. The molecule has 4 heteroatoms. The number of hydrogen-bond donors (Lipinski definition) is 1. The first-order chi connectivity index (χ1) is 7.65. The quantitative estimate of drug-likeness (QED) is 0.886. The molecule has 1 aliphatic rings. The first-order valence-electron chi connectivity index (χ1n) is 5.46. The number of nitrogens with two attached hydrogens (primary N) is 1. The largest absolute Gasteiger partial charge is 0.373 e. The van der Waals surface area contributed by atoms with E-state index in [-0.39, 0.29) is 18.0 Å². The van der Waals surface area contributed by atoms with Crippen LogP contribution in [0.25, 0.3) is 0 Å². The summed E-state index contributed by atoms with van der Waals surface area (Å²) in [5.41, 5.74) is 6.61. The Morgan fingerprint density at radius 2 is 2.25 bits per heavy atom. The topological polar surface area (TPSA) is 35.2 Å². The minimum atomic E-state index is -0.323. The fourth-order valence-electron chi connectivity index (χ4n) is 1.97. The zero-order valence-corrected chi connectivity index (χ0v) is 9.71. The monoisotopic (exact) mass is 243 g/mol. The molecule has 2 unspecified atom stereocenters. The molecule has 1 aliphatic carbocycles. The smallest absolute Gasteiger partial charge is 0.124 e. The maximum atomic E-state index is 12.8. The van der Waals surface area contributed by atoms with E-state index >= 15 is 0 Å². The van der Waals surface area contributed by atoms with Gasteiger partial charge < -0.3 is 10.5 Å². The van der Waals surface area contributed by atoms with E-state index in [4.69, 9.17) is 22.1 Å². The SMILES string of the molecule is NC1CCC(OCc2ccc(F)cc2Cl)C1. The highest BCUT2D eigenvalue weighted by Crippen LogP contribution is 2.24. The molecule has 2 N–H and O–H groups in total. The Kier molecular flexibility index (Phi) is 3.79. The minimum absolute atomic E-state index is 0.219. The molecular weight excluding hydrogens is 229 g/mol. The number of halogens is 2. The van der Waals surface area contributed by atoms with Crippen molar-refractivity contribution in [2.45, 2.75) is 38.0 Å². The van der Waals surface area contributed by atoms with Crippen molar-refractivity contribution in [1.29, 1.82) is 0 Å². The molecule has 0 bridgehead atoms. The predicted molar refractivity (Wildman–Crippen MR) is 61.8 cm³/mol. The third-order valence-electron chi connectivity index (χ3n) is 2.91. The third-order valence-corrected chi connectivity index (χ3v) is 3.27. The number of hydrogen-bond acceptors (Lipinski definition) is 2. The first kappa shape index (κ1) is 11.8. The minimum Gasteiger partial charge on any atom is -0.373 e. The van der Waals surface area contributed by atoms with Crippen LogP contribution in [0.5, 0.6) is 0 Å². The van der Waals surface area contributed by atoms with Crippen LogP contribution in [0, 0.1) is 5.82 Å². The standard InChI is InChI=1S/C12H15ClFNO/c13-12-5-9(14)2-1-8(12)7-16-11-4-3-10(15)6-11/h1-2,5,10-11H,3-4,6-7,15H2. The van der Waals surface area contributed by atoms with E-state index in [1.165, 1.54) is 12.1 Å². The average molecular weight is 244 g/mol. The van der Waals surface area contributed by atoms with Crippen LogP contribution in [0.4, 0.5) is 4.39 Å². The van der Waals surface area contributed by atoms with Crippen molar-refractivity contribution in [3.63, 3.8) is 0 Å². The summed E-state index contributed by atoms with van der Waals surface area (Å²) in [7, 11) is 0. The fourth-order valence-corrected chi connectivity index (χ4v) is 2.19. The van der Waals surface area contributed by atoms with Gasteiger partial charge in [-0.25, -0.2) is 4.39 Å².